The molecule has 0 saturated heterocycles. The van der Waals surface area contributed by atoms with Gasteiger partial charge in [-0.15, -0.1) is 10.2 Å². The number of hydrogen-bond donors (Lipinski definition) is 2. The quantitative estimate of drug-likeness (QED) is 0.676. The van der Waals surface area contributed by atoms with E-state index >= 15 is 0 Å². The lowest BCUT2D eigenvalue weighted by molar-refractivity contribution is 0.373. The fourth-order valence-corrected chi connectivity index (χ4v) is 1.43. The molecule has 2 N–H and O–H groups in total. The van der Waals surface area contributed by atoms with E-state index in [0.29, 0.717) is 30.1 Å². The van der Waals surface area contributed by atoms with Gasteiger partial charge in [0.25, 0.3) is 0 Å². The topological polar surface area (TPSA) is 111 Å². The van der Waals surface area contributed by atoms with Crippen LogP contribution in [0.3, 0.4) is 0 Å². The maximum atomic E-state index is 5.06. The first-order valence-corrected chi connectivity index (χ1v) is 5.75. The van der Waals surface area contributed by atoms with E-state index in [-0.39, 0.29) is 0 Å². The summed E-state index contributed by atoms with van der Waals surface area (Å²) < 4.78 is 10.1. The van der Waals surface area contributed by atoms with Crippen molar-refractivity contribution in [2.75, 3.05) is 26.1 Å². The van der Waals surface area contributed by atoms with Gasteiger partial charge in [0, 0.05) is 13.0 Å². The lowest BCUT2D eigenvalue weighted by atomic mass is 10.3. The summed E-state index contributed by atoms with van der Waals surface area (Å²) in [5.41, 5.74) is 0. The van der Waals surface area contributed by atoms with Crippen LogP contribution in [0.4, 0.5) is 5.95 Å². The fraction of sp³-hybridized carbons (Fsp3) is 0.500. The average molecular weight is 265 g/mol. The molecular formula is C10H15N7O2. The van der Waals surface area contributed by atoms with E-state index in [9.17, 15) is 0 Å². The lowest BCUT2D eigenvalue weighted by Gasteiger charge is -2.07. The van der Waals surface area contributed by atoms with Crippen molar-refractivity contribution in [1.82, 2.24) is 30.6 Å². The average Bonchev–Trinajstić information content (AvgIpc) is 2.96. The van der Waals surface area contributed by atoms with E-state index in [0.717, 1.165) is 12.8 Å². The standard InChI is InChI=1S/C10H15N7O2/c1-18-8-6-9(19-2)13-10(12-8)11-5-3-4-7-14-16-17-15-7/h6H,3-5H2,1-2H3,(H,11,12,13)(H,14,15,16,17). The van der Waals surface area contributed by atoms with Gasteiger partial charge in [-0.3, -0.25) is 0 Å². The maximum Gasteiger partial charge on any atom is 0.229 e. The highest BCUT2D eigenvalue weighted by atomic mass is 16.5. The Morgan fingerprint density at radius 2 is 1.95 bits per heavy atom. The smallest absolute Gasteiger partial charge is 0.229 e. The van der Waals surface area contributed by atoms with Crippen molar-refractivity contribution >= 4 is 5.95 Å². The summed E-state index contributed by atoms with van der Waals surface area (Å²) >= 11 is 0. The molecule has 0 bridgehead atoms. The molecule has 0 amide bonds. The van der Waals surface area contributed by atoms with Crippen molar-refractivity contribution in [3.05, 3.63) is 11.9 Å². The van der Waals surface area contributed by atoms with Gasteiger partial charge in [-0.25, -0.2) is 0 Å². The Morgan fingerprint density at radius 3 is 2.53 bits per heavy atom. The van der Waals surface area contributed by atoms with Crippen molar-refractivity contribution in [2.45, 2.75) is 12.8 Å². The van der Waals surface area contributed by atoms with Crippen LogP contribution in [0.2, 0.25) is 0 Å². The van der Waals surface area contributed by atoms with Crippen molar-refractivity contribution in [3.8, 4) is 11.8 Å². The van der Waals surface area contributed by atoms with E-state index in [1.165, 1.54) is 0 Å². The Labute approximate surface area is 109 Å². The highest BCUT2D eigenvalue weighted by Gasteiger charge is 2.05. The Hall–Kier alpha value is -2.45. The van der Waals surface area contributed by atoms with Crippen LogP contribution >= 0.6 is 0 Å². The SMILES string of the molecule is COc1cc(OC)nc(NCCCc2nn[nH]n2)n1. The molecule has 0 aliphatic carbocycles. The zero-order chi connectivity index (χ0) is 13.5. The minimum Gasteiger partial charge on any atom is -0.481 e. The number of tetrazole rings is 1. The monoisotopic (exact) mass is 265 g/mol. The molecular weight excluding hydrogens is 250 g/mol. The second-order valence-electron chi connectivity index (χ2n) is 3.63. The van der Waals surface area contributed by atoms with E-state index in [2.05, 4.69) is 35.9 Å². The summed E-state index contributed by atoms with van der Waals surface area (Å²) in [5.74, 6) is 2.05. The van der Waals surface area contributed by atoms with Crippen molar-refractivity contribution in [1.29, 1.82) is 0 Å². The van der Waals surface area contributed by atoms with Gasteiger partial charge in [0.1, 0.15) is 0 Å². The first kappa shape index (κ1) is 13.0. The number of ether oxygens (including phenoxy) is 2. The van der Waals surface area contributed by atoms with Gasteiger partial charge in [0.2, 0.25) is 17.7 Å². The van der Waals surface area contributed by atoms with Crippen LogP contribution in [0, 0.1) is 0 Å². The van der Waals surface area contributed by atoms with Gasteiger partial charge in [-0.1, -0.05) is 5.21 Å². The van der Waals surface area contributed by atoms with Crippen LogP contribution < -0.4 is 14.8 Å². The summed E-state index contributed by atoms with van der Waals surface area (Å²) in [7, 11) is 3.09. The highest BCUT2D eigenvalue weighted by Crippen LogP contribution is 2.17. The third kappa shape index (κ3) is 3.76. The number of H-pyrrole nitrogens is 1. The number of methoxy groups -OCH3 is 2. The molecule has 2 aromatic heterocycles. The summed E-state index contributed by atoms with van der Waals surface area (Å²) in [4.78, 5) is 8.32. The molecule has 9 nitrogen and oxygen atoms in total. The number of nitrogens with one attached hydrogen (secondary N) is 2. The first-order chi connectivity index (χ1) is 9.31. The molecule has 2 heterocycles. The summed E-state index contributed by atoms with van der Waals surface area (Å²) in [6, 6.07) is 1.62. The molecule has 19 heavy (non-hydrogen) atoms. The zero-order valence-electron chi connectivity index (χ0n) is 10.8. The number of aromatic amines is 1. The van der Waals surface area contributed by atoms with Crippen molar-refractivity contribution in [2.24, 2.45) is 0 Å². The van der Waals surface area contributed by atoms with Gasteiger partial charge in [-0.2, -0.15) is 15.2 Å². The molecule has 0 saturated carbocycles. The van der Waals surface area contributed by atoms with Crippen LogP contribution in [0.5, 0.6) is 11.8 Å². The molecule has 2 aromatic rings. The van der Waals surface area contributed by atoms with Crippen molar-refractivity contribution < 1.29 is 9.47 Å². The summed E-state index contributed by atoms with van der Waals surface area (Å²) in [6.07, 6.45) is 1.56. The van der Waals surface area contributed by atoms with E-state index < -0.39 is 0 Å². The first-order valence-electron chi connectivity index (χ1n) is 5.75. The molecule has 0 aliphatic heterocycles. The number of aromatic nitrogens is 6. The molecule has 0 aromatic carbocycles. The van der Waals surface area contributed by atoms with Gasteiger partial charge in [-0.05, 0) is 6.42 Å². The lowest BCUT2D eigenvalue weighted by Crippen LogP contribution is -2.08. The van der Waals surface area contributed by atoms with Crippen LogP contribution in [-0.4, -0.2) is 51.4 Å². The molecule has 0 fully saturated rings. The summed E-state index contributed by atoms with van der Waals surface area (Å²) in [5, 5.41) is 16.7. The number of nitrogens with zero attached hydrogens (tertiary/aromatic N) is 5. The van der Waals surface area contributed by atoms with Gasteiger partial charge in [0.15, 0.2) is 5.82 Å². The predicted octanol–water partition coefficient (Wildman–Crippen LogP) is 0.0516. The Morgan fingerprint density at radius 1 is 1.21 bits per heavy atom. The van der Waals surface area contributed by atoms with E-state index in [1.54, 1.807) is 20.3 Å². The number of rotatable bonds is 7. The zero-order valence-corrected chi connectivity index (χ0v) is 10.8. The number of aryl methyl sites for hydroxylation is 1. The van der Waals surface area contributed by atoms with Gasteiger partial charge >= 0.3 is 0 Å². The highest BCUT2D eigenvalue weighted by molar-refractivity contribution is 5.33. The van der Waals surface area contributed by atoms with Gasteiger partial charge in [0.05, 0.1) is 20.3 Å². The van der Waals surface area contributed by atoms with E-state index in [4.69, 9.17) is 9.47 Å². The minimum atomic E-state index is 0.451. The Kier molecular flexibility index (Phi) is 4.43. The van der Waals surface area contributed by atoms with Crippen LogP contribution in [0.15, 0.2) is 6.07 Å². The number of anilines is 1. The number of hydrogen-bond acceptors (Lipinski definition) is 8. The van der Waals surface area contributed by atoms with Crippen LogP contribution in [0.1, 0.15) is 12.2 Å². The van der Waals surface area contributed by atoms with E-state index in [1.807, 2.05) is 0 Å². The summed E-state index contributed by atoms with van der Waals surface area (Å²) in [6.45, 7) is 0.685. The third-order valence-electron chi connectivity index (χ3n) is 2.35. The Balaban J connectivity index is 1.84. The van der Waals surface area contributed by atoms with Crippen LogP contribution in [0.25, 0.3) is 0 Å². The Bertz CT molecular complexity index is 480. The second kappa shape index (κ2) is 6.47. The predicted molar refractivity (Wildman–Crippen MR) is 66.1 cm³/mol. The molecule has 9 heteroatoms. The maximum absolute atomic E-state index is 5.06. The molecule has 2 rings (SSSR count). The minimum absolute atomic E-state index is 0.451. The third-order valence-corrected chi connectivity index (χ3v) is 2.35. The second-order valence-corrected chi connectivity index (χ2v) is 3.63. The molecule has 0 spiro atoms. The molecule has 0 unspecified atom stereocenters. The van der Waals surface area contributed by atoms with Crippen LogP contribution in [-0.2, 0) is 6.42 Å². The molecule has 0 atom stereocenters. The largest absolute Gasteiger partial charge is 0.481 e. The van der Waals surface area contributed by atoms with Gasteiger partial charge < -0.3 is 14.8 Å². The molecule has 102 valence electrons. The normalized spacial score (nSPS) is 10.2. The molecule has 0 aliphatic rings. The fourth-order valence-electron chi connectivity index (χ4n) is 1.43. The van der Waals surface area contributed by atoms with Crippen molar-refractivity contribution in [3.63, 3.8) is 0 Å². The molecule has 0 radical (unpaired) electrons.